The molecule has 0 saturated heterocycles. The van der Waals surface area contributed by atoms with Crippen LogP contribution in [0.1, 0.15) is 34.6 Å². The number of carbonyl (C=O) groups excluding carboxylic acids is 2. The Morgan fingerprint density at radius 3 is 2.15 bits per heavy atom. The van der Waals surface area contributed by atoms with Crippen LogP contribution in [0.4, 0.5) is 0 Å². The van der Waals surface area contributed by atoms with E-state index in [1.165, 1.54) is 4.90 Å². The highest BCUT2D eigenvalue weighted by Gasteiger charge is 2.34. The molecule has 2 rings (SSSR count). The second kappa shape index (κ2) is 5.70. The largest absolute Gasteiger partial charge is 0.270 e. The highest BCUT2D eigenvalue weighted by atomic mass is 16.2. The van der Waals surface area contributed by atoms with Crippen LogP contribution in [0.2, 0.25) is 0 Å². The van der Waals surface area contributed by atoms with Crippen molar-refractivity contribution >= 4 is 11.8 Å². The van der Waals surface area contributed by atoms with Crippen LogP contribution in [0.25, 0.3) is 0 Å². The van der Waals surface area contributed by atoms with Crippen LogP contribution in [0, 0.1) is 0 Å². The van der Waals surface area contributed by atoms with Crippen molar-refractivity contribution in [3.8, 4) is 0 Å². The monoisotopic (exact) mass is 267 g/mol. The van der Waals surface area contributed by atoms with E-state index in [4.69, 9.17) is 0 Å². The van der Waals surface area contributed by atoms with Gasteiger partial charge in [-0.2, -0.15) is 0 Å². The number of hydrogen-bond acceptors (Lipinski definition) is 2. The van der Waals surface area contributed by atoms with E-state index in [9.17, 15) is 9.59 Å². The summed E-state index contributed by atoms with van der Waals surface area (Å²) in [6.45, 7) is 7.86. The Morgan fingerprint density at radius 2 is 1.70 bits per heavy atom. The first-order chi connectivity index (χ1) is 9.54. The molecule has 20 heavy (non-hydrogen) atoms. The number of carbonyl (C=O) groups is 2. The van der Waals surface area contributed by atoms with Gasteiger partial charge in [-0.25, -0.2) is 0 Å². The van der Waals surface area contributed by atoms with Gasteiger partial charge in [-0.1, -0.05) is 42.5 Å². The molecule has 0 fully saturated rings. The fourth-order valence-corrected chi connectivity index (χ4v) is 2.05. The van der Waals surface area contributed by atoms with Gasteiger partial charge in [0.05, 0.1) is 17.7 Å². The quantitative estimate of drug-likeness (QED) is 0.619. The second-order valence-electron chi connectivity index (χ2n) is 4.79. The van der Waals surface area contributed by atoms with Crippen molar-refractivity contribution in [2.75, 3.05) is 6.54 Å². The first-order valence-electron chi connectivity index (χ1n) is 6.48. The summed E-state index contributed by atoms with van der Waals surface area (Å²) >= 11 is 0. The second-order valence-corrected chi connectivity index (χ2v) is 4.79. The molecule has 1 aliphatic rings. The van der Waals surface area contributed by atoms with Gasteiger partial charge in [0, 0.05) is 0 Å². The van der Waals surface area contributed by atoms with E-state index in [0.29, 0.717) is 11.1 Å². The highest BCUT2D eigenvalue weighted by Crippen LogP contribution is 2.23. The van der Waals surface area contributed by atoms with Gasteiger partial charge >= 0.3 is 0 Å². The van der Waals surface area contributed by atoms with Crippen molar-refractivity contribution in [3.63, 3.8) is 0 Å². The molecule has 3 heteroatoms. The van der Waals surface area contributed by atoms with Crippen LogP contribution in [-0.2, 0) is 0 Å². The molecule has 3 nitrogen and oxygen atoms in total. The van der Waals surface area contributed by atoms with Gasteiger partial charge in [-0.15, -0.1) is 0 Å². The van der Waals surface area contributed by atoms with E-state index >= 15 is 0 Å². The number of amides is 2. The fraction of sp³-hybridized carbons (Fsp3) is 0.176. The Morgan fingerprint density at radius 1 is 1.15 bits per heavy atom. The highest BCUT2D eigenvalue weighted by molar-refractivity contribution is 6.21. The average Bonchev–Trinajstić information content (AvgIpc) is 2.68. The third-order valence-electron chi connectivity index (χ3n) is 3.17. The van der Waals surface area contributed by atoms with Gasteiger partial charge in [0.2, 0.25) is 0 Å². The fourth-order valence-electron chi connectivity index (χ4n) is 2.05. The summed E-state index contributed by atoms with van der Waals surface area (Å²) in [6.07, 6.45) is 5.64. The number of fused-ring (bicyclic) bond motifs is 1. The average molecular weight is 267 g/mol. The minimum Gasteiger partial charge on any atom is -0.270 e. The van der Waals surface area contributed by atoms with Crippen molar-refractivity contribution in [2.45, 2.75) is 13.8 Å². The number of rotatable bonds is 4. The van der Waals surface area contributed by atoms with E-state index in [0.717, 1.165) is 11.1 Å². The Hall–Kier alpha value is -2.42. The summed E-state index contributed by atoms with van der Waals surface area (Å²) < 4.78 is 0. The van der Waals surface area contributed by atoms with E-state index in [-0.39, 0.29) is 18.4 Å². The predicted octanol–water partition coefficient (Wildman–Crippen LogP) is 3.36. The SMILES string of the molecule is C=C(C)/C=C\C(=C/C)CN1C(=O)c2ccccc2C1=O. The molecule has 0 N–H and O–H groups in total. The molecule has 0 spiro atoms. The minimum atomic E-state index is -0.228. The van der Waals surface area contributed by atoms with Crippen LogP contribution in [0.3, 0.4) is 0 Å². The molecule has 102 valence electrons. The summed E-state index contributed by atoms with van der Waals surface area (Å²) in [5, 5.41) is 0. The number of imide groups is 1. The lowest BCUT2D eigenvalue weighted by atomic mass is 10.1. The van der Waals surface area contributed by atoms with E-state index in [1.54, 1.807) is 24.3 Å². The third-order valence-corrected chi connectivity index (χ3v) is 3.17. The molecule has 0 radical (unpaired) electrons. The molecular weight excluding hydrogens is 250 g/mol. The van der Waals surface area contributed by atoms with E-state index in [1.807, 2.05) is 32.1 Å². The summed E-state index contributed by atoms with van der Waals surface area (Å²) in [5.41, 5.74) is 2.79. The van der Waals surface area contributed by atoms with Gasteiger partial charge in [0.15, 0.2) is 0 Å². The number of nitrogens with zero attached hydrogens (tertiary/aromatic N) is 1. The first-order valence-corrected chi connectivity index (χ1v) is 6.48. The Labute approximate surface area is 118 Å². The zero-order chi connectivity index (χ0) is 14.7. The Bertz CT molecular complexity index is 603. The molecule has 0 unspecified atom stereocenters. The van der Waals surface area contributed by atoms with Crippen LogP contribution in [0.5, 0.6) is 0 Å². The third kappa shape index (κ3) is 2.62. The molecule has 0 bridgehead atoms. The molecule has 0 saturated carbocycles. The lowest BCUT2D eigenvalue weighted by Gasteiger charge is -2.14. The zero-order valence-electron chi connectivity index (χ0n) is 11.7. The number of allylic oxidation sites excluding steroid dienone is 3. The standard InChI is InChI=1S/C17H17NO2/c1-4-13(10-9-12(2)3)11-18-16(19)14-7-5-6-8-15(14)17(18)20/h4-10H,2,11H2,1,3H3/b10-9-,13-4+. The van der Waals surface area contributed by atoms with Crippen LogP contribution < -0.4 is 0 Å². The summed E-state index contributed by atoms with van der Waals surface area (Å²) in [7, 11) is 0. The smallest absolute Gasteiger partial charge is 0.261 e. The van der Waals surface area contributed by atoms with Crippen molar-refractivity contribution in [1.29, 1.82) is 0 Å². The van der Waals surface area contributed by atoms with Crippen LogP contribution in [0.15, 0.2) is 60.2 Å². The lowest BCUT2D eigenvalue weighted by molar-refractivity contribution is 0.0669. The maximum absolute atomic E-state index is 12.2. The van der Waals surface area contributed by atoms with Crippen LogP contribution >= 0.6 is 0 Å². The molecule has 1 aromatic carbocycles. The zero-order valence-corrected chi connectivity index (χ0v) is 11.7. The maximum atomic E-state index is 12.2. The lowest BCUT2D eigenvalue weighted by Crippen LogP contribution is -2.31. The van der Waals surface area contributed by atoms with Gasteiger partial charge in [0.25, 0.3) is 11.8 Å². The molecule has 1 heterocycles. The summed E-state index contributed by atoms with van der Waals surface area (Å²) in [6, 6.07) is 6.92. The normalized spacial score (nSPS) is 15.1. The van der Waals surface area contributed by atoms with Crippen molar-refractivity contribution in [1.82, 2.24) is 4.90 Å². The molecule has 1 aromatic rings. The predicted molar refractivity (Wildman–Crippen MR) is 79.5 cm³/mol. The Balaban J connectivity index is 2.22. The van der Waals surface area contributed by atoms with Crippen molar-refractivity contribution in [3.05, 3.63) is 71.3 Å². The molecular formula is C17H17NO2. The molecule has 2 amide bonds. The van der Waals surface area contributed by atoms with Gasteiger partial charge in [0.1, 0.15) is 0 Å². The topological polar surface area (TPSA) is 37.4 Å². The van der Waals surface area contributed by atoms with Crippen molar-refractivity contribution < 1.29 is 9.59 Å². The van der Waals surface area contributed by atoms with Crippen LogP contribution in [-0.4, -0.2) is 23.3 Å². The first kappa shape index (κ1) is 14.0. The maximum Gasteiger partial charge on any atom is 0.261 e. The molecule has 1 aliphatic heterocycles. The Kier molecular flexibility index (Phi) is 3.99. The minimum absolute atomic E-state index is 0.228. The van der Waals surface area contributed by atoms with Gasteiger partial charge in [-0.3, -0.25) is 14.5 Å². The molecule has 0 aliphatic carbocycles. The van der Waals surface area contributed by atoms with Gasteiger partial charge < -0.3 is 0 Å². The number of benzene rings is 1. The summed E-state index contributed by atoms with van der Waals surface area (Å²) in [5.74, 6) is -0.456. The van der Waals surface area contributed by atoms with Crippen molar-refractivity contribution in [2.24, 2.45) is 0 Å². The van der Waals surface area contributed by atoms with E-state index in [2.05, 4.69) is 6.58 Å². The van der Waals surface area contributed by atoms with Gasteiger partial charge in [-0.05, 0) is 31.6 Å². The molecule has 0 aromatic heterocycles. The van der Waals surface area contributed by atoms with E-state index < -0.39 is 0 Å². The summed E-state index contributed by atoms with van der Waals surface area (Å²) in [4.78, 5) is 25.7. The molecule has 0 atom stereocenters. The number of hydrogen-bond donors (Lipinski definition) is 0.